The van der Waals surface area contributed by atoms with E-state index in [-0.39, 0.29) is 70.8 Å². The summed E-state index contributed by atoms with van der Waals surface area (Å²) in [6, 6.07) is 13.4. The highest BCUT2D eigenvalue weighted by Gasteiger charge is 2.63. The Hall–Kier alpha value is -4.55. The molecule has 0 radical (unpaired) electrons. The maximum Gasteiger partial charge on any atom is 0.435 e. The predicted molar refractivity (Wildman–Crippen MR) is 209 cm³/mol. The van der Waals surface area contributed by atoms with Crippen LogP contribution in [0.4, 0.5) is 26.3 Å². The molecular formula is C38H23BrCl4F6N4O6. The van der Waals surface area contributed by atoms with Crippen LogP contribution in [0, 0.1) is 13.8 Å². The fraction of sp³-hybridized carbons (Fsp3) is 0.237. The number of carbonyl (C=O) groups excluding carboxylic acids is 1. The average molecular weight is 967 g/mol. The van der Waals surface area contributed by atoms with Crippen LogP contribution in [0.25, 0.3) is 22.2 Å². The van der Waals surface area contributed by atoms with E-state index < -0.39 is 42.4 Å². The lowest BCUT2D eigenvalue weighted by molar-refractivity contribution is -0.276. The van der Waals surface area contributed by atoms with Gasteiger partial charge in [0.05, 0.1) is 35.8 Å². The first-order valence-electron chi connectivity index (χ1n) is 16.8. The third-order valence-electron chi connectivity index (χ3n) is 9.31. The fourth-order valence-corrected chi connectivity index (χ4v) is 8.06. The lowest BCUT2D eigenvalue weighted by Crippen LogP contribution is -2.42. The SMILES string of the molecule is COC(=O)c1ccc(C2=NOC(c3cc(Cl)cc(Cl)c3)(C(F)(F)F)C2)c2nc(C)oc12.Cc1nc2c(C3=NOC(c4cc(Cl)cc(Cl)c4)(C(F)(F)F)C3)ccc(Br)c2o1. The van der Waals surface area contributed by atoms with E-state index in [9.17, 15) is 31.1 Å². The van der Waals surface area contributed by atoms with E-state index in [1.807, 2.05) is 0 Å². The molecule has 0 N–H and O–H groups in total. The number of halogens is 11. The summed E-state index contributed by atoms with van der Waals surface area (Å²) < 4.78 is 101. The first kappa shape index (κ1) is 42.6. The highest BCUT2D eigenvalue weighted by atomic mass is 79.9. The Morgan fingerprint density at radius 1 is 0.678 bits per heavy atom. The number of oxazole rings is 2. The number of hydrogen-bond donors (Lipinski definition) is 0. The fourth-order valence-electron chi connectivity index (χ4n) is 6.60. The van der Waals surface area contributed by atoms with Gasteiger partial charge in [-0.3, -0.25) is 0 Å². The molecule has 0 saturated heterocycles. The van der Waals surface area contributed by atoms with E-state index in [1.165, 1.54) is 43.5 Å². The molecule has 4 aromatic carbocycles. The highest BCUT2D eigenvalue weighted by molar-refractivity contribution is 9.10. The minimum atomic E-state index is -4.84. The van der Waals surface area contributed by atoms with Crippen molar-refractivity contribution in [1.82, 2.24) is 9.97 Å². The van der Waals surface area contributed by atoms with Crippen molar-refractivity contribution in [3.63, 3.8) is 0 Å². The highest BCUT2D eigenvalue weighted by Crippen LogP contribution is 2.52. The first-order chi connectivity index (χ1) is 27.7. The third kappa shape index (κ3) is 7.71. The van der Waals surface area contributed by atoms with Crippen LogP contribution >= 0.6 is 62.3 Å². The Bertz CT molecular complexity index is 2700. The molecule has 8 rings (SSSR count). The molecule has 0 fully saturated rings. The molecule has 0 amide bonds. The minimum Gasteiger partial charge on any atom is -0.465 e. The Morgan fingerprint density at radius 3 is 1.51 bits per heavy atom. The van der Waals surface area contributed by atoms with Crippen LogP contribution in [0.2, 0.25) is 20.1 Å². The number of alkyl halides is 6. The number of carbonyl (C=O) groups is 1. The summed E-state index contributed by atoms with van der Waals surface area (Å²) in [5.74, 6) is -0.0716. The molecule has 0 spiro atoms. The van der Waals surface area contributed by atoms with Crippen molar-refractivity contribution in [2.24, 2.45) is 10.3 Å². The molecule has 59 heavy (non-hydrogen) atoms. The number of oxime groups is 2. The lowest BCUT2D eigenvalue weighted by atomic mass is 9.86. The number of hydrogen-bond acceptors (Lipinski definition) is 10. The summed E-state index contributed by atoms with van der Waals surface area (Å²) in [5.41, 5.74) is -4.12. The smallest absolute Gasteiger partial charge is 0.435 e. The van der Waals surface area contributed by atoms with Crippen LogP contribution in [0.3, 0.4) is 0 Å². The molecule has 2 unspecified atom stereocenters. The van der Waals surface area contributed by atoms with Crippen LogP contribution < -0.4 is 0 Å². The van der Waals surface area contributed by atoms with Crippen molar-refractivity contribution in [2.45, 2.75) is 50.2 Å². The third-order valence-corrected chi connectivity index (χ3v) is 10.8. The number of ether oxygens (including phenoxy) is 1. The Morgan fingerprint density at radius 2 is 1.08 bits per heavy atom. The van der Waals surface area contributed by atoms with Gasteiger partial charge in [0.15, 0.2) is 22.9 Å². The maximum atomic E-state index is 14.2. The number of benzene rings is 4. The van der Waals surface area contributed by atoms with Gasteiger partial charge in [-0.2, -0.15) is 26.3 Å². The number of rotatable bonds is 5. The van der Waals surface area contributed by atoms with Crippen molar-refractivity contribution < 1.29 is 54.4 Å². The zero-order valence-corrected chi connectivity index (χ0v) is 34.7. The van der Waals surface area contributed by atoms with Gasteiger partial charge >= 0.3 is 18.3 Å². The summed E-state index contributed by atoms with van der Waals surface area (Å²) >= 11 is 27.0. The quantitative estimate of drug-likeness (QED) is 0.124. The Balaban J connectivity index is 0.000000180. The summed E-state index contributed by atoms with van der Waals surface area (Å²) in [6.07, 6.45) is -10.8. The topological polar surface area (TPSA) is 122 Å². The van der Waals surface area contributed by atoms with Crippen LogP contribution in [0.15, 0.2) is 84.3 Å². The van der Waals surface area contributed by atoms with Gasteiger partial charge in [-0.15, -0.1) is 0 Å². The van der Waals surface area contributed by atoms with Gasteiger partial charge in [0.2, 0.25) is 0 Å². The number of fused-ring (bicyclic) bond motifs is 2. The van der Waals surface area contributed by atoms with Crippen LogP contribution in [-0.2, 0) is 25.6 Å². The van der Waals surface area contributed by atoms with E-state index in [2.05, 4.69) is 36.2 Å². The zero-order valence-electron chi connectivity index (χ0n) is 30.1. The number of aryl methyl sites for hydroxylation is 2. The summed E-state index contributed by atoms with van der Waals surface area (Å²) in [4.78, 5) is 30.5. The molecule has 2 aliphatic rings. The van der Waals surface area contributed by atoms with E-state index >= 15 is 0 Å². The molecule has 0 saturated carbocycles. The van der Waals surface area contributed by atoms with Gasteiger partial charge in [-0.1, -0.05) is 56.7 Å². The van der Waals surface area contributed by atoms with Gasteiger partial charge in [0.1, 0.15) is 16.6 Å². The molecule has 21 heteroatoms. The second kappa shape index (κ2) is 15.5. The Labute approximate surface area is 357 Å². The molecule has 0 aliphatic carbocycles. The largest absolute Gasteiger partial charge is 0.465 e. The molecule has 2 atom stereocenters. The standard InChI is InChI=1S/C20H13Cl2F3N2O4.C18H10BrCl2F3N2O2/c1-9-26-16-13(3-4-14(17(16)30-9)18(28)29-2)15-8-19(31-27-15,20(23,24)25)10-5-11(21)7-12(22)6-10;1-8-25-15-12(2-3-13(19)16(15)27-8)14-7-17(28-26-14,18(22,23)24)9-4-10(20)6-11(21)5-9/h3-7H,8H2,1-2H3;2-6H,7H2,1H3. The van der Waals surface area contributed by atoms with Crippen molar-refractivity contribution in [1.29, 1.82) is 0 Å². The van der Waals surface area contributed by atoms with Crippen LogP contribution in [-0.4, -0.2) is 46.8 Å². The van der Waals surface area contributed by atoms with Crippen molar-refractivity contribution in [3.8, 4) is 0 Å². The number of methoxy groups -OCH3 is 1. The molecule has 10 nitrogen and oxygen atoms in total. The van der Waals surface area contributed by atoms with Crippen LogP contribution in [0.5, 0.6) is 0 Å². The van der Waals surface area contributed by atoms with E-state index in [4.69, 9.17) is 69.7 Å². The second-order valence-electron chi connectivity index (χ2n) is 13.1. The first-order valence-corrected chi connectivity index (χ1v) is 19.1. The molecule has 4 heterocycles. The Kier molecular flexibility index (Phi) is 11.2. The zero-order chi connectivity index (χ0) is 42.8. The summed E-state index contributed by atoms with van der Waals surface area (Å²) in [7, 11) is 1.20. The summed E-state index contributed by atoms with van der Waals surface area (Å²) in [5, 5.41) is 7.69. The lowest BCUT2D eigenvalue weighted by Gasteiger charge is -2.29. The van der Waals surface area contributed by atoms with Gasteiger partial charge in [-0.05, 0) is 76.6 Å². The van der Waals surface area contributed by atoms with Gasteiger partial charge in [0.25, 0.3) is 11.2 Å². The van der Waals surface area contributed by atoms with Gasteiger partial charge < -0.3 is 23.2 Å². The average Bonchev–Trinajstić information content (AvgIpc) is 3.95. The molecule has 2 aliphatic heterocycles. The van der Waals surface area contributed by atoms with Gasteiger partial charge in [0, 0.05) is 56.2 Å². The minimum absolute atomic E-state index is 0.0249. The maximum absolute atomic E-state index is 14.2. The van der Waals surface area contributed by atoms with E-state index in [0.29, 0.717) is 27.0 Å². The normalized spacial score (nSPS) is 19.2. The predicted octanol–water partition coefficient (Wildman–Crippen LogP) is 12.6. The van der Waals surface area contributed by atoms with Crippen LogP contribution in [0.1, 0.15) is 57.2 Å². The van der Waals surface area contributed by atoms with E-state index in [0.717, 1.165) is 12.1 Å². The van der Waals surface area contributed by atoms with Crippen molar-refractivity contribution >= 4 is 102 Å². The molecule has 308 valence electrons. The second-order valence-corrected chi connectivity index (χ2v) is 15.7. The summed E-state index contributed by atoms with van der Waals surface area (Å²) in [6.45, 7) is 3.20. The number of aromatic nitrogens is 2. The van der Waals surface area contributed by atoms with Gasteiger partial charge in [-0.25, -0.2) is 14.8 Å². The molecule has 0 bridgehead atoms. The molecular weight excluding hydrogens is 944 g/mol. The van der Waals surface area contributed by atoms with Crippen molar-refractivity contribution in [3.05, 3.63) is 125 Å². The molecule has 2 aromatic heterocycles. The van der Waals surface area contributed by atoms with E-state index in [1.54, 1.807) is 26.0 Å². The van der Waals surface area contributed by atoms with Crippen molar-refractivity contribution in [2.75, 3.05) is 7.11 Å². The number of nitrogens with zero attached hydrogens (tertiary/aromatic N) is 4. The number of esters is 1. The monoisotopic (exact) mass is 964 g/mol. The molecule has 6 aromatic rings.